The molecule has 0 aromatic heterocycles. The van der Waals surface area contributed by atoms with Crippen molar-refractivity contribution in [3.8, 4) is 0 Å². The third-order valence-electron chi connectivity index (χ3n) is 3.67. The number of nitrogens with zero attached hydrogens (tertiary/aromatic N) is 2. The van der Waals surface area contributed by atoms with Gasteiger partial charge in [0.05, 0.1) is 11.0 Å². The average molecular weight is 308 g/mol. The van der Waals surface area contributed by atoms with Gasteiger partial charge in [-0.25, -0.2) is 0 Å². The van der Waals surface area contributed by atoms with Gasteiger partial charge in [-0.05, 0) is 24.1 Å². The van der Waals surface area contributed by atoms with Crippen molar-refractivity contribution in [1.29, 1.82) is 0 Å². The van der Waals surface area contributed by atoms with Crippen LogP contribution in [0, 0.1) is 10.1 Å². The SMILES string of the molecule is C=CCC(c1ccc([N+](=O)[O-])cc1)N(CC=C)c1ccccc1. The second-order valence-electron chi connectivity index (χ2n) is 5.17. The predicted octanol–water partition coefficient (Wildman–Crippen LogP) is 4.90. The quantitative estimate of drug-likeness (QED) is 0.395. The maximum absolute atomic E-state index is 10.8. The van der Waals surface area contributed by atoms with Gasteiger partial charge in [-0.3, -0.25) is 10.1 Å². The lowest BCUT2D eigenvalue weighted by Gasteiger charge is -2.33. The van der Waals surface area contributed by atoms with E-state index in [0.29, 0.717) is 6.54 Å². The van der Waals surface area contributed by atoms with Gasteiger partial charge in [0, 0.05) is 24.4 Å². The maximum atomic E-state index is 10.8. The van der Waals surface area contributed by atoms with Gasteiger partial charge in [-0.1, -0.05) is 42.5 Å². The molecule has 0 aliphatic carbocycles. The normalized spacial score (nSPS) is 11.5. The van der Waals surface area contributed by atoms with Crippen LogP contribution in [-0.4, -0.2) is 11.5 Å². The molecule has 0 fully saturated rings. The lowest BCUT2D eigenvalue weighted by atomic mass is 10.0. The van der Waals surface area contributed by atoms with Crippen LogP contribution in [0.3, 0.4) is 0 Å². The summed E-state index contributed by atoms with van der Waals surface area (Å²) in [7, 11) is 0. The molecule has 1 unspecified atom stereocenters. The Morgan fingerprint density at radius 1 is 1.04 bits per heavy atom. The molecule has 0 bridgehead atoms. The zero-order valence-electron chi connectivity index (χ0n) is 13.0. The first-order valence-corrected chi connectivity index (χ1v) is 7.45. The third-order valence-corrected chi connectivity index (χ3v) is 3.67. The summed E-state index contributed by atoms with van der Waals surface area (Å²) in [6.45, 7) is 8.37. The Balaban J connectivity index is 2.39. The first kappa shape index (κ1) is 16.5. The van der Waals surface area contributed by atoms with Crippen LogP contribution >= 0.6 is 0 Å². The molecule has 0 saturated heterocycles. The fraction of sp³-hybridized carbons (Fsp3) is 0.158. The monoisotopic (exact) mass is 308 g/mol. The molecule has 0 aliphatic rings. The Morgan fingerprint density at radius 3 is 2.22 bits per heavy atom. The summed E-state index contributed by atoms with van der Waals surface area (Å²) in [5.74, 6) is 0. The molecule has 118 valence electrons. The number of hydrogen-bond donors (Lipinski definition) is 0. The van der Waals surface area contributed by atoms with E-state index in [-0.39, 0.29) is 16.7 Å². The molecule has 0 aliphatic heterocycles. The summed E-state index contributed by atoms with van der Waals surface area (Å²) < 4.78 is 0. The van der Waals surface area contributed by atoms with Crippen LogP contribution < -0.4 is 4.90 Å². The topological polar surface area (TPSA) is 46.4 Å². The Labute approximate surface area is 136 Å². The largest absolute Gasteiger partial charge is 0.360 e. The van der Waals surface area contributed by atoms with Gasteiger partial charge < -0.3 is 4.90 Å². The summed E-state index contributed by atoms with van der Waals surface area (Å²) in [5, 5.41) is 10.8. The van der Waals surface area contributed by atoms with E-state index >= 15 is 0 Å². The van der Waals surface area contributed by atoms with E-state index in [1.807, 2.05) is 54.6 Å². The summed E-state index contributed by atoms with van der Waals surface area (Å²) in [4.78, 5) is 12.7. The number of para-hydroxylation sites is 1. The van der Waals surface area contributed by atoms with E-state index in [0.717, 1.165) is 17.7 Å². The Morgan fingerprint density at radius 2 is 1.70 bits per heavy atom. The highest BCUT2D eigenvalue weighted by molar-refractivity contribution is 5.50. The minimum absolute atomic E-state index is 0.0497. The van der Waals surface area contributed by atoms with Crippen molar-refractivity contribution in [2.24, 2.45) is 0 Å². The lowest BCUT2D eigenvalue weighted by molar-refractivity contribution is -0.384. The number of nitro benzene ring substituents is 1. The number of anilines is 1. The van der Waals surface area contributed by atoms with Crippen molar-refractivity contribution in [3.05, 3.63) is 95.6 Å². The first-order valence-electron chi connectivity index (χ1n) is 7.45. The van der Waals surface area contributed by atoms with Crippen molar-refractivity contribution in [2.45, 2.75) is 12.5 Å². The molecule has 0 saturated carbocycles. The molecule has 1 atom stereocenters. The predicted molar refractivity (Wildman–Crippen MR) is 94.6 cm³/mol. The fourth-order valence-corrected chi connectivity index (χ4v) is 2.59. The van der Waals surface area contributed by atoms with E-state index in [1.54, 1.807) is 12.1 Å². The molecular weight excluding hydrogens is 288 g/mol. The van der Waals surface area contributed by atoms with Gasteiger partial charge in [0.25, 0.3) is 5.69 Å². The van der Waals surface area contributed by atoms with Crippen LogP contribution in [0.15, 0.2) is 79.9 Å². The molecule has 2 rings (SSSR count). The highest BCUT2D eigenvalue weighted by atomic mass is 16.6. The van der Waals surface area contributed by atoms with Gasteiger partial charge in [0.1, 0.15) is 0 Å². The van der Waals surface area contributed by atoms with Gasteiger partial charge in [0.2, 0.25) is 0 Å². The Kier molecular flexibility index (Phi) is 5.69. The first-order chi connectivity index (χ1) is 11.2. The van der Waals surface area contributed by atoms with Crippen LogP contribution in [0.2, 0.25) is 0 Å². The van der Waals surface area contributed by atoms with Crippen molar-refractivity contribution in [1.82, 2.24) is 0 Å². The number of nitro groups is 1. The van der Waals surface area contributed by atoms with Crippen molar-refractivity contribution < 1.29 is 4.92 Å². The van der Waals surface area contributed by atoms with Crippen LogP contribution in [0.4, 0.5) is 11.4 Å². The molecule has 0 N–H and O–H groups in total. The molecule has 4 heteroatoms. The van der Waals surface area contributed by atoms with E-state index in [2.05, 4.69) is 18.1 Å². The minimum Gasteiger partial charge on any atom is -0.360 e. The maximum Gasteiger partial charge on any atom is 0.269 e. The molecule has 2 aromatic rings. The van der Waals surface area contributed by atoms with Gasteiger partial charge >= 0.3 is 0 Å². The fourth-order valence-electron chi connectivity index (χ4n) is 2.59. The van der Waals surface area contributed by atoms with Gasteiger partial charge in [-0.15, -0.1) is 13.2 Å². The highest BCUT2D eigenvalue weighted by Crippen LogP contribution is 2.31. The number of rotatable bonds is 8. The van der Waals surface area contributed by atoms with Crippen molar-refractivity contribution >= 4 is 11.4 Å². The van der Waals surface area contributed by atoms with Crippen molar-refractivity contribution in [2.75, 3.05) is 11.4 Å². The van der Waals surface area contributed by atoms with Gasteiger partial charge in [0.15, 0.2) is 0 Å². The molecular formula is C19H20N2O2. The number of benzene rings is 2. The highest BCUT2D eigenvalue weighted by Gasteiger charge is 2.19. The molecule has 0 radical (unpaired) electrons. The third kappa shape index (κ3) is 4.07. The molecule has 0 spiro atoms. The molecule has 23 heavy (non-hydrogen) atoms. The number of hydrogen-bond acceptors (Lipinski definition) is 3. The van der Waals surface area contributed by atoms with E-state index in [9.17, 15) is 10.1 Å². The zero-order valence-corrected chi connectivity index (χ0v) is 13.0. The Hall–Kier alpha value is -2.88. The molecule has 0 amide bonds. The number of non-ortho nitro benzene ring substituents is 1. The summed E-state index contributed by atoms with van der Waals surface area (Å²) in [5.41, 5.74) is 2.19. The molecule has 2 aromatic carbocycles. The second-order valence-corrected chi connectivity index (χ2v) is 5.17. The van der Waals surface area contributed by atoms with Crippen LogP contribution in [0.25, 0.3) is 0 Å². The standard InChI is InChI=1S/C19H20N2O2/c1-3-8-19(16-11-13-18(14-12-16)21(22)23)20(15-4-2)17-9-6-5-7-10-17/h3-7,9-14,19H,1-2,8,15H2. The smallest absolute Gasteiger partial charge is 0.269 e. The Bertz CT molecular complexity index is 666. The van der Waals surface area contributed by atoms with Crippen LogP contribution in [0.1, 0.15) is 18.0 Å². The van der Waals surface area contributed by atoms with E-state index < -0.39 is 0 Å². The summed E-state index contributed by atoms with van der Waals surface area (Å²) in [6, 6.07) is 16.8. The zero-order chi connectivity index (χ0) is 16.7. The van der Waals surface area contributed by atoms with E-state index in [1.165, 1.54) is 0 Å². The lowest BCUT2D eigenvalue weighted by Crippen LogP contribution is -2.28. The molecule has 0 heterocycles. The summed E-state index contributed by atoms with van der Waals surface area (Å²) in [6.07, 6.45) is 4.46. The van der Waals surface area contributed by atoms with Crippen molar-refractivity contribution in [3.63, 3.8) is 0 Å². The van der Waals surface area contributed by atoms with E-state index in [4.69, 9.17) is 0 Å². The average Bonchev–Trinajstić information content (AvgIpc) is 2.59. The summed E-state index contributed by atoms with van der Waals surface area (Å²) >= 11 is 0. The second kappa shape index (κ2) is 7.94. The molecule has 4 nitrogen and oxygen atoms in total. The van der Waals surface area contributed by atoms with Crippen LogP contribution in [0.5, 0.6) is 0 Å². The minimum atomic E-state index is -0.384. The van der Waals surface area contributed by atoms with Gasteiger partial charge in [-0.2, -0.15) is 0 Å². The van der Waals surface area contributed by atoms with Crippen LogP contribution in [-0.2, 0) is 0 Å².